The minimum Gasteiger partial charge on any atom is -0.503 e. The molecule has 1 atom stereocenters. The molecule has 0 spiro atoms. The van der Waals surface area contributed by atoms with Crippen LogP contribution in [-0.4, -0.2) is 23.9 Å². The van der Waals surface area contributed by atoms with Crippen LogP contribution in [0.15, 0.2) is 71.3 Å². The molecule has 4 rings (SSSR count). The van der Waals surface area contributed by atoms with Crippen molar-refractivity contribution in [1.82, 2.24) is 0 Å². The van der Waals surface area contributed by atoms with Crippen LogP contribution in [0, 0.1) is 6.92 Å². The number of hydrogen-bond donors (Lipinski definition) is 1. The number of methoxy groups -OCH3 is 1. The van der Waals surface area contributed by atoms with Gasteiger partial charge in [-0.05, 0) is 54.1 Å². The maximum absolute atomic E-state index is 13.3. The van der Waals surface area contributed by atoms with Crippen molar-refractivity contribution in [2.45, 2.75) is 25.8 Å². The summed E-state index contributed by atoms with van der Waals surface area (Å²) in [7, 11) is 1.51. The third-order valence-electron chi connectivity index (χ3n) is 5.56. The Kier molecular flexibility index (Phi) is 6.35. The molecular formula is C25H22ClNO4S. The number of ether oxygens (including phenoxy) is 1. The minimum absolute atomic E-state index is 0.128. The molecule has 1 unspecified atom stereocenters. The number of Topliss-reactive ketones (excluding diaryl/α,β-unsaturated/α-hetero) is 1. The Labute approximate surface area is 195 Å². The van der Waals surface area contributed by atoms with E-state index in [1.165, 1.54) is 23.3 Å². The Morgan fingerprint density at radius 1 is 1.19 bits per heavy atom. The average Bonchev–Trinajstić information content (AvgIpc) is 3.33. The van der Waals surface area contributed by atoms with Crippen LogP contribution in [0.2, 0.25) is 5.02 Å². The number of carbonyl (C=O) groups excluding carboxylic acids is 2. The van der Waals surface area contributed by atoms with E-state index in [-0.39, 0.29) is 17.8 Å². The van der Waals surface area contributed by atoms with Crippen LogP contribution in [0.5, 0.6) is 5.75 Å². The summed E-state index contributed by atoms with van der Waals surface area (Å²) in [6.07, 6.45) is 0.712. The molecule has 0 bridgehead atoms. The first-order valence-corrected chi connectivity index (χ1v) is 11.4. The predicted molar refractivity (Wildman–Crippen MR) is 127 cm³/mol. The number of amides is 1. The third-order valence-corrected chi connectivity index (χ3v) is 6.92. The fraction of sp³-hybridized carbons (Fsp3) is 0.200. The van der Waals surface area contributed by atoms with E-state index in [1.54, 1.807) is 18.2 Å². The van der Waals surface area contributed by atoms with Crippen molar-refractivity contribution < 1.29 is 19.4 Å². The van der Waals surface area contributed by atoms with E-state index in [1.807, 2.05) is 48.7 Å². The monoisotopic (exact) mass is 467 g/mol. The molecule has 2 aromatic carbocycles. The molecular weight excluding hydrogens is 446 g/mol. The number of hydrogen-bond acceptors (Lipinski definition) is 5. The van der Waals surface area contributed by atoms with Gasteiger partial charge in [0.2, 0.25) is 0 Å². The van der Waals surface area contributed by atoms with Gasteiger partial charge >= 0.3 is 0 Å². The number of halogens is 1. The van der Waals surface area contributed by atoms with Gasteiger partial charge in [-0.1, -0.05) is 41.9 Å². The largest absolute Gasteiger partial charge is 0.503 e. The van der Waals surface area contributed by atoms with Gasteiger partial charge in [0, 0.05) is 17.0 Å². The van der Waals surface area contributed by atoms with Gasteiger partial charge in [0.05, 0.1) is 17.7 Å². The highest BCUT2D eigenvalue weighted by molar-refractivity contribution is 7.10. The van der Waals surface area contributed by atoms with E-state index >= 15 is 0 Å². The highest BCUT2D eigenvalue weighted by atomic mass is 35.5. The molecule has 164 valence electrons. The highest BCUT2D eigenvalue weighted by Gasteiger charge is 2.45. The summed E-state index contributed by atoms with van der Waals surface area (Å²) in [4.78, 5) is 28.7. The second-order valence-corrected chi connectivity index (χ2v) is 8.89. The zero-order valence-corrected chi connectivity index (χ0v) is 19.2. The molecule has 1 N–H and O–H groups in total. The van der Waals surface area contributed by atoms with Crippen molar-refractivity contribution in [3.8, 4) is 5.75 Å². The third kappa shape index (κ3) is 4.04. The van der Waals surface area contributed by atoms with Gasteiger partial charge in [-0.3, -0.25) is 14.5 Å². The Morgan fingerprint density at radius 2 is 1.94 bits per heavy atom. The van der Waals surface area contributed by atoms with E-state index in [4.69, 9.17) is 16.3 Å². The second-order valence-electron chi connectivity index (χ2n) is 7.54. The summed E-state index contributed by atoms with van der Waals surface area (Å²) in [6.45, 7) is 1.93. The molecule has 7 heteroatoms. The maximum atomic E-state index is 13.3. The molecule has 0 radical (unpaired) electrons. The highest BCUT2D eigenvalue weighted by Crippen LogP contribution is 2.45. The van der Waals surface area contributed by atoms with Crippen LogP contribution >= 0.6 is 22.9 Å². The minimum atomic E-state index is -0.713. The molecule has 0 fully saturated rings. The number of thiophene rings is 1. The SMILES string of the molecule is COc1ccc(N2C(=O)C(O)=C(C(=O)CCc3ccccc3)C2c2sccc2C)cc1Cl. The van der Waals surface area contributed by atoms with Gasteiger partial charge in [-0.15, -0.1) is 11.3 Å². The quantitative estimate of drug-likeness (QED) is 0.475. The topological polar surface area (TPSA) is 66.8 Å². The van der Waals surface area contributed by atoms with E-state index in [2.05, 4.69) is 0 Å². The number of ketones is 1. The van der Waals surface area contributed by atoms with Crippen molar-refractivity contribution in [3.05, 3.63) is 92.3 Å². The molecule has 1 aliphatic rings. The molecule has 2 heterocycles. The first kappa shape index (κ1) is 22.1. The Morgan fingerprint density at radius 3 is 2.56 bits per heavy atom. The van der Waals surface area contributed by atoms with Crippen LogP contribution in [0.3, 0.4) is 0 Å². The lowest BCUT2D eigenvalue weighted by atomic mass is 9.95. The second kappa shape index (κ2) is 9.18. The van der Waals surface area contributed by atoms with Crippen LogP contribution < -0.4 is 9.64 Å². The van der Waals surface area contributed by atoms with Gasteiger partial charge in [0.15, 0.2) is 11.5 Å². The Balaban J connectivity index is 1.73. The standard InChI is InChI=1S/C25H22ClNO4S/c1-15-12-13-32-24(15)22-21(19(28)10-8-16-6-4-3-5-7-16)23(29)25(30)27(22)17-9-11-20(31-2)18(26)14-17/h3-7,9,11-14,22,29H,8,10H2,1-2H3. The number of aliphatic hydroxyl groups excluding tert-OH is 1. The molecule has 0 saturated heterocycles. The number of anilines is 1. The lowest BCUT2D eigenvalue weighted by Crippen LogP contribution is -2.31. The summed E-state index contributed by atoms with van der Waals surface area (Å²) in [5, 5.41) is 13.0. The van der Waals surface area contributed by atoms with Crippen molar-refractivity contribution in [2.24, 2.45) is 0 Å². The molecule has 1 aliphatic heterocycles. The first-order chi connectivity index (χ1) is 15.4. The molecule has 1 aromatic heterocycles. The lowest BCUT2D eigenvalue weighted by molar-refractivity contribution is -0.118. The van der Waals surface area contributed by atoms with Gasteiger partial charge in [0.25, 0.3) is 5.91 Å². The zero-order valence-electron chi connectivity index (χ0n) is 17.7. The summed E-state index contributed by atoms with van der Waals surface area (Å²) >= 11 is 7.76. The lowest BCUT2D eigenvalue weighted by Gasteiger charge is -2.27. The molecule has 1 amide bonds. The number of rotatable bonds is 7. The maximum Gasteiger partial charge on any atom is 0.294 e. The fourth-order valence-corrected chi connectivity index (χ4v) is 5.19. The number of aryl methyl sites for hydroxylation is 2. The van der Waals surface area contributed by atoms with Gasteiger partial charge in [-0.25, -0.2) is 0 Å². The molecule has 3 aromatic rings. The Bertz CT molecular complexity index is 1200. The first-order valence-electron chi connectivity index (χ1n) is 10.1. The molecule has 0 aliphatic carbocycles. The normalized spacial score (nSPS) is 16.0. The summed E-state index contributed by atoms with van der Waals surface area (Å²) in [6, 6.07) is 15.9. The molecule has 5 nitrogen and oxygen atoms in total. The van der Waals surface area contributed by atoms with Crippen LogP contribution in [0.25, 0.3) is 0 Å². The van der Waals surface area contributed by atoms with Crippen LogP contribution in [0.4, 0.5) is 5.69 Å². The summed E-state index contributed by atoms with van der Waals surface area (Å²) < 4.78 is 5.21. The number of benzene rings is 2. The van der Waals surface area contributed by atoms with Crippen LogP contribution in [0.1, 0.15) is 28.5 Å². The van der Waals surface area contributed by atoms with Crippen molar-refractivity contribution in [1.29, 1.82) is 0 Å². The molecule has 32 heavy (non-hydrogen) atoms. The van der Waals surface area contributed by atoms with Crippen molar-refractivity contribution in [2.75, 3.05) is 12.0 Å². The van der Waals surface area contributed by atoms with E-state index in [0.29, 0.717) is 22.9 Å². The number of nitrogens with zero attached hydrogens (tertiary/aromatic N) is 1. The van der Waals surface area contributed by atoms with Crippen molar-refractivity contribution >= 4 is 40.3 Å². The number of carbonyl (C=O) groups is 2. The van der Waals surface area contributed by atoms with Crippen molar-refractivity contribution in [3.63, 3.8) is 0 Å². The fourth-order valence-electron chi connectivity index (χ4n) is 3.91. The van der Waals surface area contributed by atoms with E-state index in [9.17, 15) is 14.7 Å². The van der Waals surface area contributed by atoms with Crippen LogP contribution in [-0.2, 0) is 16.0 Å². The van der Waals surface area contributed by atoms with Gasteiger partial charge < -0.3 is 9.84 Å². The average molecular weight is 468 g/mol. The number of aliphatic hydroxyl groups is 1. The zero-order chi connectivity index (χ0) is 22.8. The Hall–Kier alpha value is -3.09. The summed E-state index contributed by atoms with van der Waals surface area (Å²) in [5.74, 6) is -0.901. The predicted octanol–water partition coefficient (Wildman–Crippen LogP) is 5.82. The van der Waals surface area contributed by atoms with Gasteiger partial charge in [-0.2, -0.15) is 0 Å². The van der Waals surface area contributed by atoms with Gasteiger partial charge in [0.1, 0.15) is 11.8 Å². The summed E-state index contributed by atoms with van der Waals surface area (Å²) in [5.41, 5.74) is 2.58. The smallest absolute Gasteiger partial charge is 0.294 e. The van der Waals surface area contributed by atoms with E-state index < -0.39 is 17.7 Å². The van der Waals surface area contributed by atoms with E-state index in [0.717, 1.165) is 16.0 Å². The molecule has 0 saturated carbocycles.